The molecular formula is C24H27ClN4S. The molecule has 0 aliphatic carbocycles. The summed E-state index contributed by atoms with van der Waals surface area (Å²) in [6, 6.07) is 14.5. The van der Waals surface area contributed by atoms with Gasteiger partial charge in [0.05, 0.1) is 5.52 Å². The zero-order valence-corrected chi connectivity index (χ0v) is 19.1. The van der Waals surface area contributed by atoms with E-state index in [2.05, 4.69) is 64.3 Å². The number of hydrogen-bond acceptors (Lipinski definition) is 3. The first-order valence-electron chi connectivity index (χ1n) is 10.6. The normalized spacial score (nSPS) is 14.2. The predicted octanol–water partition coefficient (Wildman–Crippen LogP) is 5.53. The smallest absolute Gasteiger partial charge is 0.173 e. The van der Waals surface area contributed by atoms with Crippen LogP contribution in [-0.2, 0) is 12.8 Å². The van der Waals surface area contributed by atoms with Crippen molar-refractivity contribution < 1.29 is 0 Å². The van der Waals surface area contributed by atoms with E-state index in [0.29, 0.717) is 5.02 Å². The molecule has 0 amide bonds. The van der Waals surface area contributed by atoms with E-state index in [1.54, 1.807) is 0 Å². The lowest BCUT2D eigenvalue weighted by Gasteiger charge is -2.38. The predicted molar refractivity (Wildman–Crippen MR) is 132 cm³/mol. The second kappa shape index (κ2) is 9.19. The van der Waals surface area contributed by atoms with Crippen molar-refractivity contribution in [1.29, 1.82) is 0 Å². The Morgan fingerprint density at radius 1 is 1.03 bits per heavy atom. The Bertz CT molecular complexity index is 1040. The van der Waals surface area contributed by atoms with Crippen molar-refractivity contribution in [2.45, 2.75) is 26.7 Å². The highest BCUT2D eigenvalue weighted by Gasteiger charge is 2.21. The maximum absolute atomic E-state index is 6.14. The number of nitrogens with one attached hydrogen (secondary N) is 1. The molecule has 1 N–H and O–H groups in total. The number of hydrogen-bond donors (Lipinski definition) is 1. The Hall–Kier alpha value is -2.37. The number of rotatable bonds is 4. The molecule has 0 saturated carbocycles. The third kappa shape index (κ3) is 4.23. The molecule has 1 aromatic heterocycles. The van der Waals surface area contributed by atoms with Crippen LogP contribution in [0.2, 0.25) is 5.02 Å². The lowest BCUT2D eigenvalue weighted by molar-refractivity contribution is 0.391. The summed E-state index contributed by atoms with van der Waals surface area (Å²) in [5.41, 5.74) is 5.96. The molecule has 4 rings (SSSR count). The summed E-state index contributed by atoms with van der Waals surface area (Å²) >= 11 is 11.9. The summed E-state index contributed by atoms with van der Waals surface area (Å²) in [7, 11) is 0. The molecule has 3 aromatic rings. The lowest BCUT2D eigenvalue weighted by Crippen LogP contribution is -2.50. The number of piperazine rings is 1. The van der Waals surface area contributed by atoms with Crippen LogP contribution in [0.5, 0.6) is 0 Å². The monoisotopic (exact) mass is 438 g/mol. The van der Waals surface area contributed by atoms with Gasteiger partial charge in [0.15, 0.2) is 5.11 Å². The highest BCUT2D eigenvalue weighted by Crippen LogP contribution is 2.28. The van der Waals surface area contributed by atoms with Gasteiger partial charge in [-0.15, -0.1) is 0 Å². The van der Waals surface area contributed by atoms with Crippen LogP contribution in [0.25, 0.3) is 10.9 Å². The molecule has 2 heterocycles. The molecular weight excluding hydrogens is 412 g/mol. The first-order valence-corrected chi connectivity index (χ1v) is 11.3. The van der Waals surface area contributed by atoms with E-state index in [1.165, 1.54) is 22.5 Å². The minimum atomic E-state index is 0.715. The fourth-order valence-electron chi connectivity index (χ4n) is 4.12. The summed E-state index contributed by atoms with van der Waals surface area (Å²) < 4.78 is 0. The Morgan fingerprint density at radius 2 is 1.73 bits per heavy atom. The third-order valence-electron chi connectivity index (χ3n) is 5.82. The molecule has 1 saturated heterocycles. The van der Waals surface area contributed by atoms with Gasteiger partial charge in [-0.3, -0.25) is 4.98 Å². The summed E-state index contributed by atoms with van der Waals surface area (Å²) in [6.07, 6.45) is 3.85. The van der Waals surface area contributed by atoms with Crippen molar-refractivity contribution in [3.05, 3.63) is 64.8 Å². The average molecular weight is 439 g/mol. The maximum Gasteiger partial charge on any atom is 0.173 e. The Labute approximate surface area is 188 Å². The number of para-hydroxylation sites is 1. The second-order valence-corrected chi connectivity index (χ2v) is 8.38. The van der Waals surface area contributed by atoms with Crippen LogP contribution in [0.3, 0.4) is 0 Å². The van der Waals surface area contributed by atoms with Crippen molar-refractivity contribution in [1.82, 2.24) is 9.88 Å². The van der Waals surface area contributed by atoms with Gasteiger partial charge in [-0.05, 0) is 60.5 Å². The van der Waals surface area contributed by atoms with E-state index in [9.17, 15) is 0 Å². The molecule has 0 spiro atoms. The molecule has 0 unspecified atom stereocenters. The average Bonchev–Trinajstić information content (AvgIpc) is 2.78. The van der Waals surface area contributed by atoms with Gasteiger partial charge >= 0.3 is 0 Å². The van der Waals surface area contributed by atoms with E-state index < -0.39 is 0 Å². The van der Waals surface area contributed by atoms with Gasteiger partial charge in [0.25, 0.3) is 0 Å². The number of anilines is 2. The number of thiocarbonyl (C=S) groups is 1. The molecule has 4 nitrogen and oxygen atoms in total. The molecule has 30 heavy (non-hydrogen) atoms. The van der Waals surface area contributed by atoms with Crippen LogP contribution in [-0.4, -0.2) is 41.2 Å². The Morgan fingerprint density at radius 3 is 2.40 bits per heavy atom. The topological polar surface area (TPSA) is 31.4 Å². The standard InChI is InChI=1S/C24H27ClN4S/c1-3-17-6-5-7-18(4-2)23(17)27-24(30)29-14-12-28(13-15-29)22-10-11-26-21-16-19(25)8-9-20(21)22/h5-11,16H,3-4,12-15H2,1-2H3,(H,27,30). The summed E-state index contributed by atoms with van der Waals surface area (Å²) in [4.78, 5) is 9.15. The van der Waals surface area contributed by atoms with Gasteiger partial charge in [0.1, 0.15) is 0 Å². The fourth-order valence-corrected chi connectivity index (χ4v) is 4.57. The van der Waals surface area contributed by atoms with Crippen LogP contribution < -0.4 is 10.2 Å². The Kier molecular flexibility index (Phi) is 6.40. The molecule has 6 heteroatoms. The van der Waals surface area contributed by atoms with Crippen LogP contribution >= 0.6 is 23.8 Å². The third-order valence-corrected chi connectivity index (χ3v) is 6.42. The van der Waals surface area contributed by atoms with Crippen molar-refractivity contribution in [3.63, 3.8) is 0 Å². The van der Waals surface area contributed by atoms with Gasteiger partial charge in [-0.2, -0.15) is 0 Å². The quantitative estimate of drug-likeness (QED) is 0.541. The Balaban J connectivity index is 1.46. The van der Waals surface area contributed by atoms with E-state index in [4.69, 9.17) is 23.8 Å². The van der Waals surface area contributed by atoms with Crippen LogP contribution in [0.4, 0.5) is 11.4 Å². The van der Waals surface area contributed by atoms with Crippen molar-refractivity contribution >= 4 is 51.2 Å². The number of aryl methyl sites for hydroxylation is 2. The highest BCUT2D eigenvalue weighted by atomic mass is 35.5. The van der Waals surface area contributed by atoms with Gasteiger partial charge < -0.3 is 15.1 Å². The van der Waals surface area contributed by atoms with E-state index in [1.807, 2.05) is 18.3 Å². The van der Waals surface area contributed by atoms with E-state index in [-0.39, 0.29) is 0 Å². The number of fused-ring (bicyclic) bond motifs is 1. The number of pyridine rings is 1. The van der Waals surface area contributed by atoms with E-state index in [0.717, 1.165) is 55.0 Å². The molecule has 156 valence electrons. The molecule has 0 atom stereocenters. The summed E-state index contributed by atoms with van der Waals surface area (Å²) in [6.45, 7) is 7.99. The minimum absolute atomic E-state index is 0.715. The van der Waals surface area contributed by atoms with Crippen LogP contribution in [0.15, 0.2) is 48.7 Å². The summed E-state index contributed by atoms with van der Waals surface area (Å²) in [5, 5.41) is 6.23. The van der Waals surface area contributed by atoms with Gasteiger partial charge in [-0.25, -0.2) is 0 Å². The zero-order chi connectivity index (χ0) is 21.1. The van der Waals surface area contributed by atoms with E-state index >= 15 is 0 Å². The van der Waals surface area contributed by atoms with Crippen LogP contribution in [0.1, 0.15) is 25.0 Å². The van der Waals surface area contributed by atoms with Crippen molar-refractivity contribution in [3.8, 4) is 0 Å². The first kappa shape index (κ1) is 20.9. The summed E-state index contributed by atoms with van der Waals surface area (Å²) in [5.74, 6) is 0. The number of nitrogens with zero attached hydrogens (tertiary/aromatic N) is 3. The van der Waals surface area contributed by atoms with Gasteiger partial charge in [0.2, 0.25) is 0 Å². The number of benzene rings is 2. The molecule has 1 aliphatic rings. The number of halogens is 1. The molecule has 2 aromatic carbocycles. The fraction of sp³-hybridized carbons (Fsp3) is 0.333. The van der Waals surface area contributed by atoms with Gasteiger partial charge in [-0.1, -0.05) is 43.6 Å². The van der Waals surface area contributed by atoms with Crippen LogP contribution in [0, 0.1) is 0 Å². The minimum Gasteiger partial charge on any atom is -0.367 e. The molecule has 0 bridgehead atoms. The molecule has 1 fully saturated rings. The van der Waals surface area contributed by atoms with Gasteiger partial charge in [0, 0.05) is 54.2 Å². The largest absolute Gasteiger partial charge is 0.367 e. The second-order valence-electron chi connectivity index (χ2n) is 7.55. The maximum atomic E-state index is 6.14. The SMILES string of the molecule is CCc1cccc(CC)c1NC(=S)N1CCN(c2ccnc3cc(Cl)ccc23)CC1. The lowest BCUT2D eigenvalue weighted by atomic mass is 10.0. The van der Waals surface area contributed by atoms with Crippen molar-refractivity contribution in [2.24, 2.45) is 0 Å². The highest BCUT2D eigenvalue weighted by molar-refractivity contribution is 7.80. The first-order chi connectivity index (χ1) is 14.6. The molecule has 0 radical (unpaired) electrons. The molecule has 1 aliphatic heterocycles. The zero-order valence-electron chi connectivity index (χ0n) is 17.5. The van der Waals surface area contributed by atoms with Crippen molar-refractivity contribution in [2.75, 3.05) is 36.4 Å². The number of aromatic nitrogens is 1.